The van der Waals surface area contributed by atoms with Gasteiger partial charge in [0.15, 0.2) is 18.9 Å². The quantitative estimate of drug-likeness (QED) is 0.0365. The van der Waals surface area contributed by atoms with Crippen LogP contribution in [0.3, 0.4) is 0 Å². The Morgan fingerprint density at radius 3 is 1.11 bits per heavy atom. The Bertz CT molecular complexity index is 4880. The summed E-state index contributed by atoms with van der Waals surface area (Å²) < 4.78 is 39.9. The maximum atomic E-state index is 12.0. The van der Waals surface area contributed by atoms with Crippen LogP contribution in [-0.2, 0) is 50.2 Å². The fourth-order valence-electron chi connectivity index (χ4n) is 10.9. The topological polar surface area (TPSA) is 232 Å². The smallest absolute Gasteiger partial charge is 0.322 e. The molecule has 0 radical (unpaired) electrons. The minimum atomic E-state index is -0.704. The molecule has 3 aliphatic rings. The molecule has 8 aromatic carbocycles. The molecule has 15 rings (SSSR count). The summed E-state index contributed by atoms with van der Waals surface area (Å²) in [5.41, 5.74) is 12.7. The molecule has 12 aromatic rings. The molecule has 18 nitrogen and oxygen atoms in total. The van der Waals surface area contributed by atoms with Crippen LogP contribution in [0.15, 0.2) is 307 Å². The Kier molecular flexibility index (Phi) is 31.3. The van der Waals surface area contributed by atoms with E-state index < -0.39 is 12.1 Å². The minimum absolute atomic E-state index is 0. The first-order valence-electron chi connectivity index (χ1n) is 34.6. The van der Waals surface area contributed by atoms with E-state index in [0.717, 1.165) is 90.5 Å². The highest BCUT2D eigenvalue weighted by atomic mass is 32.2. The lowest BCUT2D eigenvalue weighted by atomic mass is 10.1. The maximum Gasteiger partial charge on any atom is 0.322 e. The molecule has 109 heavy (non-hydrogen) atoms. The molecular formula is C87H84N6O12S4. The number of phenolic OH excluding ortho intramolecular Hbond substituents is 1. The van der Waals surface area contributed by atoms with E-state index in [2.05, 4.69) is 118 Å². The molecule has 7 heterocycles. The second-order valence-electron chi connectivity index (χ2n) is 24.6. The Morgan fingerprint density at radius 1 is 0.431 bits per heavy atom. The van der Waals surface area contributed by atoms with Gasteiger partial charge in [-0.3, -0.25) is 34.8 Å². The van der Waals surface area contributed by atoms with Gasteiger partial charge in [0.25, 0.3) is 5.91 Å². The van der Waals surface area contributed by atoms with Crippen molar-refractivity contribution in [1.29, 1.82) is 0 Å². The predicted molar refractivity (Wildman–Crippen MR) is 425 cm³/mol. The SMILES string of the molecule is C.Cc1cccc(CO)c1.Cc1cccc(COc2ccc(Sc3cnccc3C3NC(=O)NC3=O)cc2)c1.Cc1cccc(COc2ccc(Sc3cnccc3C3OCCO3)cc2)c1.Cc1cccc(COc2ccc(Sc3cnccc3C=O)cc2)c1.Oc1ccc(Sc2cnccc2C2OCCO2)cc1. The number of pyridine rings is 4. The van der Waals surface area contributed by atoms with Gasteiger partial charge in [-0.2, -0.15) is 0 Å². The molecule has 558 valence electrons. The van der Waals surface area contributed by atoms with Crippen LogP contribution >= 0.6 is 47.0 Å². The van der Waals surface area contributed by atoms with E-state index in [1.54, 1.807) is 91.2 Å². The number of aliphatic hydroxyl groups excluding tert-OH is 1. The van der Waals surface area contributed by atoms with E-state index in [9.17, 15) is 19.5 Å². The summed E-state index contributed by atoms with van der Waals surface area (Å²) >= 11 is 6.22. The van der Waals surface area contributed by atoms with Gasteiger partial charge < -0.3 is 48.7 Å². The van der Waals surface area contributed by atoms with Gasteiger partial charge in [0.05, 0.1) is 33.0 Å². The van der Waals surface area contributed by atoms with E-state index in [-0.39, 0.29) is 38.3 Å². The number of nitrogens with one attached hydrogen (secondary N) is 2. The Hall–Kier alpha value is -10.6. The fraction of sp³-hybridized carbons (Fsp3) is 0.184. The van der Waals surface area contributed by atoms with Crippen LogP contribution in [0, 0.1) is 27.7 Å². The van der Waals surface area contributed by atoms with Gasteiger partial charge in [-0.1, -0.05) is 174 Å². The van der Waals surface area contributed by atoms with Crippen LogP contribution in [0.1, 0.15) is 97.6 Å². The molecule has 4 N–H and O–H groups in total. The summed E-state index contributed by atoms with van der Waals surface area (Å²) in [6.45, 7) is 12.5. The zero-order chi connectivity index (χ0) is 75.2. The molecule has 22 heteroatoms. The second-order valence-corrected chi connectivity index (χ2v) is 29.1. The summed E-state index contributed by atoms with van der Waals surface area (Å²) in [5, 5.41) is 22.8. The van der Waals surface area contributed by atoms with Crippen LogP contribution in [0.5, 0.6) is 23.0 Å². The number of benzene rings is 8. The molecule has 3 saturated heterocycles. The predicted octanol–water partition coefficient (Wildman–Crippen LogP) is 19.2. The zero-order valence-corrected chi connectivity index (χ0v) is 63.0. The number of aromatic nitrogens is 4. The summed E-state index contributed by atoms with van der Waals surface area (Å²) in [7, 11) is 0. The third kappa shape index (κ3) is 25.5. The van der Waals surface area contributed by atoms with E-state index in [1.165, 1.54) is 51.3 Å². The number of nitrogens with zero attached hydrogens (tertiary/aromatic N) is 4. The number of aldehydes is 1. The van der Waals surface area contributed by atoms with E-state index >= 15 is 0 Å². The highest BCUT2D eigenvalue weighted by Crippen LogP contribution is 2.39. The Morgan fingerprint density at radius 2 is 0.761 bits per heavy atom. The molecule has 3 amide bonds. The number of aryl methyl sites for hydroxylation is 4. The van der Waals surface area contributed by atoms with E-state index in [1.807, 2.05) is 141 Å². The molecule has 0 aliphatic carbocycles. The van der Waals surface area contributed by atoms with Crippen LogP contribution < -0.4 is 24.8 Å². The third-order valence-electron chi connectivity index (χ3n) is 16.2. The summed E-state index contributed by atoms with van der Waals surface area (Å²) in [5.74, 6) is 2.36. The molecule has 3 aliphatic heterocycles. The normalized spacial score (nSPS) is 13.6. The van der Waals surface area contributed by atoms with Crippen molar-refractivity contribution in [2.24, 2.45) is 0 Å². The average Bonchev–Trinajstić information content (AvgIpc) is 1.65. The Labute approximate surface area is 652 Å². The minimum Gasteiger partial charge on any atom is -0.508 e. The second kappa shape index (κ2) is 42.2. The van der Waals surface area contributed by atoms with Gasteiger partial charge in [-0.05, 0) is 171 Å². The number of hydrogen-bond donors (Lipinski definition) is 4. The molecule has 0 saturated carbocycles. The van der Waals surface area contributed by atoms with Crippen molar-refractivity contribution in [2.45, 2.75) is 119 Å². The monoisotopic (exact) mass is 1530 g/mol. The summed E-state index contributed by atoms with van der Waals surface area (Å²) in [6.07, 6.45) is 14.0. The van der Waals surface area contributed by atoms with Gasteiger partial charge in [0, 0.05) is 111 Å². The largest absolute Gasteiger partial charge is 0.508 e. The highest BCUT2D eigenvalue weighted by molar-refractivity contribution is 8.00. The lowest BCUT2D eigenvalue weighted by Crippen LogP contribution is -2.22. The summed E-state index contributed by atoms with van der Waals surface area (Å²) in [4.78, 5) is 59.0. The number of imide groups is 1. The molecule has 4 aromatic heterocycles. The number of carbonyl (C=O) groups is 3. The number of amides is 3. The first-order valence-corrected chi connectivity index (χ1v) is 37.8. The average molecular weight is 1530 g/mol. The fourth-order valence-corrected chi connectivity index (χ4v) is 14.6. The molecule has 1 atom stereocenters. The first-order chi connectivity index (χ1) is 52.8. The molecule has 0 spiro atoms. The maximum absolute atomic E-state index is 12.0. The number of urea groups is 1. The van der Waals surface area contributed by atoms with Crippen molar-refractivity contribution in [2.75, 3.05) is 26.4 Å². The van der Waals surface area contributed by atoms with Gasteiger partial charge in [0.1, 0.15) is 48.9 Å². The number of aromatic hydroxyl groups is 1. The number of hydrogen-bond acceptors (Lipinski definition) is 20. The summed E-state index contributed by atoms with van der Waals surface area (Å²) in [6, 6.07) is 69.6. The van der Waals surface area contributed by atoms with Gasteiger partial charge in [-0.15, -0.1) is 0 Å². The number of carbonyl (C=O) groups excluding carboxylic acids is 3. The van der Waals surface area contributed by atoms with Crippen LogP contribution in [-0.4, -0.2) is 74.8 Å². The number of aliphatic hydroxyl groups is 1. The molecular weight excluding hydrogens is 1450 g/mol. The highest BCUT2D eigenvalue weighted by Gasteiger charge is 2.33. The lowest BCUT2D eigenvalue weighted by molar-refractivity contribution is -0.120. The van der Waals surface area contributed by atoms with E-state index in [0.29, 0.717) is 57.4 Å². The number of phenols is 1. The zero-order valence-electron chi connectivity index (χ0n) is 59.8. The van der Waals surface area contributed by atoms with Crippen molar-refractivity contribution in [3.8, 4) is 23.0 Å². The van der Waals surface area contributed by atoms with Crippen LogP contribution in [0.2, 0.25) is 0 Å². The van der Waals surface area contributed by atoms with Crippen molar-refractivity contribution in [1.82, 2.24) is 30.6 Å². The van der Waals surface area contributed by atoms with Gasteiger partial charge in [-0.25, -0.2) is 4.79 Å². The van der Waals surface area contributed by atoms with Crippen molar-refractivity contribution < 1.29 is 57.8 Å². The first kappa shape index (κ1) is 80.9. The molecule has 0 bridgehead atoms. The van der Waals surface area contributed by atoms with Crippen LogP contribution in [0.4, 0.5) is 4.79 Å². The molecule has 1 unspecified atom stereocenters. The molecule has 3 fully saturated rings. The number of ether oxygens (including phenoxy) is 7. The van der Waals surface area contributed by atoms with Crippen LogP contribution in [0.25, 0.3) is 0 Å². The van der Waals surface area contributed by atoms with Gasteiger partial charge in [0.2, 0.25) is 0 Å². The third-order valence-corrected chi connectivity index (χ3v) is 20.5. The van der Waals surface area contributed by atoms with E-state index in [4.69, 9.17) is 38.3 Å². The van der Waals surface area contributed by atoms with Crippen molar-refractivity contribution in [3.05, 3.63) is 335 Å². The number of rotatable bonds is 22. The Balaban J connectivity index is 0.000000150. The van der Waals surface area contributed by atoms with Crippen molar-refractivity contribution >= 4 is 65.3 Å². The van der Waals surface area contributed by atoms with Crippen molar-refractivity contribution in [3.63, 3.8) is 0 Å². The van der Waals surface area contributed by atoms with Gasteiger partial charge >= 0.3 is 6.03 Å². The lowest BCUT2D eigenvalue weighted by Gasteiger charge is -2.14. The standard InChI is InChI=1S/C22H19N3O3S.C22H21NO3S.C20H17NO2S.C14H13NO3S.C8H10O.CH4/c1-14-3-2-4-15(11-14)13-28-16-5-7-17(8-6-16)29-19-12-23-10-9-18(19)20-21(26)25-22(27)24-20;1-16-3-2-4-17(13-16)15-26-18-5-7-19(8-6-18)27-21-14-23-10-9-20(21)22-24-11-12-25-22;1-15-3-2-4-16(11-15)14-23-18-5-7-19(8-6-18)24-20-12-21-10-9-17(20)13-22;16-10-1-3-11(4-2-10)19-13-9-15-6-5-12(13)14-17-7-8-18-14;1-7-3-2-4-8(5-7)6-9;/h2-12,20H,13H2,1H3,(H2,24,25,26,27);2-10,13-14,22H,11-12,15H2,1H3;2-13H,14H2,1H3;1-6,9,14,16H,7-8H2;2-5,9H,6H2,1H3;1H4.